The molecule has 2 rings (SSSR count). The van der Waals surface area contributed by atoms with Crippen LogP contribution >= 0.6 is 0 Å². The number of benzene rings is 1. The molecule has 0 N–H and O–H groups in total. The van der Waals surface area contributed by atoms with Crippen molar-refractivity contribution in [3.8, 4) is 6.07 Å². The van der Waals surface area contributed by atoms with Crippen LogP contribution in [0.2, 0.25) is 0 Å². The lowest BCUT2D eigenvalue weighted by molar-refractivity contribution is 0.269. The molecule has 3 heteroatoms. The second kappa shape index (κ2) is 5.81. The van der Waals surface area contributed by atoms with E-state index >= 15 is 0 Å². The van der Waals surface area contributed by atoms with E-state index in [2.05, 4.69) is 35.0 Å². The van der Waals surface area contributed by atoms with Crippen molar-refractivity contribution >= 4 is 0 Å². The third kappa shape index (κ3) is 3.55. The van der Waals surface area contributed by atoms with Crippen LogP contribution < -0.4 is 0 Å². The summed E-state index contributed by atoms with van der Waals surface area (Å²) in [6, 6.07) is 10.1. The SMILES string of the molecule is CN1CCCN(Cc2ccc(C#N)cc2)CC1. The van der Waals surface area contributed by atoms with Crippen LogP contribution in [-0.4, -0.2) is 43.0 Å². The Morgan fingerprint density at radius 3 is 2.59 bits per heavy atom. The van der Waals surface area contributed by atoms with Gasteiger partial charge in [-0.05, 0) is 44.3 Å². The van der Waals surface area contributed by atoms with Crippen molar-refractivity contribution in [3.63, 3.8) is 0 Å². The zero-order chi connectivity index (χ0) is 12.1. The molecule has 0 aliphatic carbocycles. The summed E-state index contributed by atoms with van der Waals surface area (Å²) in [5.41, 5.74) is 2.04. The Bertz CT molecular complexity index is 391. The first-order valence-corrected chi connectivity index (χ1v) is 6.18. The molecule has 3 nitrogen and oxygen atoms in total. The average Bonchev–Trinajstić information content (AvgIpc) is 2.56. The molecule has 0 radical (unpaired) electrons. The summed E-state index contributed by atoms with van der Waals surface area (Å²) in [5.74, 6) is 0. The first-order valence-electron chi connectivity index (χ1n) is 6.18. The van der Waals surface area contributed by atoms with E-state index in [9.17, 15) is 0 Å². The molecule has 1 saturated heterocycles. The van der Waals surface area contributed by atoms with Crippen molar-refractivity contribution in [3.05, 3.63) is 35.4 Å². The molecule has 1 aliphatic rings. The lowest BCUT2D eigenvalue weighted by atomic mass is 10.1. The number of nitriles is 1. The molecular formula is C14H19N3. The van der Waals surface area contributed by atoms with Gasteiger partial charge in [-0.25, -0.2) is 0 Å². The van der Waals surface area contributed by atoms with E-state index in [1.807, 2.05) is 12.1 Å². The molecule has 1 fully saturated rings. The van der Waals surface area contributed by atoms with E-state index < -0.39 is 0 Å². The molecule has 0 bridgehead atoms. The first-order chi connectivity index (χ1) is 8.28. The second-order valence-electron chi connectivity index (χ2n) is 4.74. The van der Waals surface area contributed by atoms with Crippen LogP contribution in [0.4, 0.5) is 0 Å². The van der Waals surface area contributed by atoms with Gasteiger partial charge in [-0.15, -0.1) is 0 Å². The lowest BCUT2D eigenvalue weighted by Crippen LogP contribution is -2.28. The summed E-state index contributed by atoms with van der Waals surface area (Å²) in [6.45, 7) is 5.65. The van der Waals surface area contributed by atoms with Gasteiger partial charge in [0.15, 0.2) is 0 Å². The van der Waals surface area contributed by atoms with Gasteiger partial charge in [-0.2, -0.15) is 5.26 Å². The number of hydrogen-bond acceptors (Lipinski definition) is 3. The van der Waals surface area contributed by atoms with Crippen LogP contribution in [0.1, 0.15) is 17.5 Å². The highest BCUT2D eigenvalue weighted by molar-refractivity contribution is 5.31. The molecule has 0 spiro atoms. The molecule has 0 saturated carbocycles. The van der Waals surface area contributed by atoms with Gasteiger partial charge in [0.2, 0.25) is 0 Å². The maximum Gasteiger partial charge on any atom is 0.0991 e. The average molecular weight is 229 g/mol. The van der Waals surface area contributed by atoms with Crippen molar-refractivity contribution in [1.29, 1.82) is 5.26 Å². The van der Waals surface area contributed by atoms with Gasteiger partial charge in [-0.3, -0.25) is 4.90 Å². The van der Waals surface area contributed by atoms with Crippen molar-refractivity contribution in [2.45, 2.75) is 13.0 Å². The Labute approximate surface area is 103 Å². The Balaban J connectivity index is 1.93. The third-order valence-corrected chi connectivity index (χ3v) is 3.30. The lowest BCUT2D eigenvalue weighted by Gasteiger charge is -2.20. The molecule has 1 aromatic rings. The van der Waals surface area contributed by atoms with E-state index in [0.717, 1.165) is 25.2 Å². The van der Waals surface area contributed by atoms with Crippen LogP contribution in [0, 0.1) is 11.3 Å². The molecule has 0 atom stereocenters. The van der Waals surface area contributed by atoms with E-state index in [-0.39, 0.29) is 0 Å². The minimum absolute atomic E-state index is 0.740. The van der Waals surface area contributed by atoms with Gasteiger partial charge in [-0.1, -0.05) is 12.1 Å². The molecule has 0 unspecified atom stereocenters. The van der Waals surface area contributed by atoms with E-state index in [4.69, 9.17) is 5.26 Å². The Kier molecular flexibility index (Phi) is 4.13. The molecule has 0 amide bonds. The largest absolute Gasteiger partial charge is 0.305 e. The molecule has 90 valence electrons. The normalized spacial score (nSPS) is 18.6. The van der Waals surface area contributed by atoms with Crippen molar-refractivity contribution in [1.82, 2.24) is 9.80 Å². The van der Waals surface area contributed by atoms with Gasteiger partial charge in [0.1, 0.15) is 0 Å². The molecule has 1 aliphatic heterocycles. The van der Waals surface area contributed by atoms with E-state index in [0.29, 0.717) is 0 Å². The van der Waals surface area contributed by atoms with Crippen molar-refractivity contribution in [2.75, 3.05) is 33.2 Å². The summed E-state index contributed by atoms with van der Waals surface area (Å²) in [4.78, 5) is 4.88. The maximum absolute atomic E-state index is 8.75. The maximum atomic E-state index is 8.75. The van der Waals surface area contributed by atoms with Gasteiger partial charge in [0.25, 0.3) is 0 Å². The summed E-state index contributed by atoms with van der Waals surface area (Å²) in [7, 11) is 2.19. The fraction of sp³-hybridized carbons (Fsp3) is 0.500. The highest BCUT2D eigenvalue weighted by Crippen LogP contribution is 2.09. The summed E-state index contributed by atoms with van der Waals surface area (Å²) >= 11 is 0. The minimum atomic E-state index is 0.740. The fourth-order valence-corrected chi connectivity index (χ4v) is 2.20. The van der Waals surface area contributed by atoms with Crippen LogP contribution in [0.25, 0.3) is 0 Å². The predicted molar refractivity (Wildman–Crippen MR) is 68.5 cm³/mol. The quantitative estimate of drug-likeness (QED) is 0.773. The van der Waals surface area contributed by atoms with Gasteiger partial charge >= 0.3 is 0 Å². The third-order valence-electron chi connectivity index (χ3n) is 3.30. The number of rotatable bonds is 2. The van der Waals surface area contributed by atoms with Crippen LogP contribution in [0.3, 0.4) is 0 Å². The van der Waals surface area contributed by atoms with Crippen LogP contribution in [0.5, 0.6) is 0 Å². The van der Waals surface area contributed by atoms with E-state index in [1.165, 1.54) is 25.1 Å². The Hall–Kier alpha value is -1.37. The molecule has 1 aromatic carbocycles. The van der Waals surface area contributed by atoms with Gasteiger partial charge < -0.3 is 4.90 Å². The number of likely N-dealkylation sites (N-methyl/N-ethyl adjacent to an activating group) is 1. The highest BCUT2D eigenvalue weighted by atomic mass is 15.2. The smallest absolute Gasteiger partial charge is 0.0991 e. The Morgan fingerprint density at radius 2 is 1.88 bits per heavy atom. The van der Waals surface area contributed by atoms with Crippen molar-refractivity contribution < 1.29 is 0 Å². The number of hydrogen-bond donors (Lipinski definition) is 0. The monoisotopic (exact) mass is 229 g/mol. The molecular weight excluding hydrogens is 210 g/mol. The molecule has 17 heavy (non-hydrogen) atoms. The summed E-state index contributed by atoms with van der Waals surface area (Å²) < 4.78 is 0. The highest BCUT2D eigenvalue weighted by Gasteiger charge is 2.11. The van der Waals surface area contributed by atoms with Crippen molar-refractivity contribution in [2.24, 2.45) is 0 Å². The number of nitrogens with zero attached hydrogens (tertiary/aromatic N) is 3. The summed E-state index contributed by atoms with van der Waals surface area (Å²) in [5, 5.41) is 8.75. The predicted octanol–water partition coefficient (Wildman–Crippen LogP) is 1.70. The van der Waals surface area contributed by atoms with Crippen LogP contribution in [-0.2, 0) is 6.54 Å². The first kappa shape index (κ1) is 12.1. The second-order valence-corrected chi connectivity index (χ2v) is 4.74. The van der Waals surface area contributed by atoms with Gasteiger partial charge in [0.05, 0.1) is 11.6 Å². The standard InChI is InChI=1S/C14H19N3/c1-16-7-2-8-17(10-9-16)12-14-5-3-13(11-15)4-6-14/h3-6H,2,7-10,12H2,1H3. The topological polar surface area (TPSA) is 30.3 Å². The zero-order valence-corrected chi connectivity index (χ0v) is 10.4. The minimum Gasteiger partial charge on any atom is -0.305 e. The fourth-order valence-electron chi connectivity index (χ4n) is 2.20. The zero-order valence-electron chi connectivity index (χ0n) is 10.4. The Morgan fingerprint density at radius 1 is 1.12 bits per heavy atom. The van der Waals surface area contributed by atoms with E-state index in [1.54, 1.807) is 0 Å². The summed E-state index contributed by atoms with van der Waals surface area (Å²) in [6.07, 6.45) is 1.24. The molecule has 1 heterocycles. The molecule has 0 aromatic heterocycles. The van der Waals surface area contributed by atoms with Crippen LogP contribution in [0.15, 0.2) is 24.3 Å². The van der Waals surface area contributed by atoms with Gasteiger partial charge in [0, 0.05) is 19.6 Å².